The summed E-state index contributed by atoms with van der Waals surface area (Å²) in [4.78, 5) is 4.94. The number of hydrogen-bond acceptors (Lipinski definition) is 2. The zero-order valence-electron chi connectivity index (χ0n) is 23.8. The van der Waals surface area contributed by atoms with Crippen LogP contribution < -0.4 is 0 Å². The summed E-state index contributed by atoms with van der Waals surface area (Å²) in [5.41, 5.74) is 2.39. The van der Waals surface area contributed by atoms with Crippen molar-refractivity contribution in [3.8, 4) is 0 Å². The van der Waals surface area contributed by atoms with E-state index in [1.807, 2.05) is 13.8 Å². The van der Waals surface area contributed by atoms with E-state index in [0.717, 1.165) is 16.2 Å². The molecule has 2 saturated carbocycles. The van der Waals surface area contributed by atoms with E-state index >= 15 is 0 Å². The molecule has 4 aliphatic rings. The van der Waals surface area contributed by atoms with Gasteiger partial charge < -0.3 is 9.80 Å². The summed E-state index contributed by atoms with van der Waals surface area (Å²) in [6, 6.07) is 0. The smallest absolute Gasteiger partial charge is 0.00165 e. The molecule has 0 radical (unpaired) electrons. The van der Waals surface area contributed by atoms with Crippen LogP contribution in [0.5, 0.6) is 0 Å². The summed E-state index contributed by atoms with van der Waals surface area (Å²) in [6.45, 7) is 18.6. The lowest BCUT2D eigenvalue weighted by Crippen LogP contribution is -2.41. The third kappa shape index (κ3) is 9.65. The van der Waals surface area contributed by atoms with Crippen molar-refractivity contribution in [1.29, 1.82) is 0 Å². The lowest BCUT2D eigenvalue weighted by atomic mass is 9.63. The van der Waals surface area contributed by atoms with Gasteiger partial charge in [0.15, 0.2) is 0 Å². The van der Waals surface area contributed by atoms with Crippen LogP contribution in [-0.4, -0.2) is 50.1 Å². The maximum atomic E-state index is 2.48. The van der Waals surface area contributed by atoms with Crippen LogP contribution in [-0.2, 0) is 0 Å². The summed E-state index contributed by atoms with van der Waals surface area (Å²) in [6.07, 6.45) is 21.8. The summed E-state index contributed by atoms with van der Waals surface area (Å²) >= 11 is 0. The molecule has 2 saturated heterocycles. The van der Waals surface area contributed by atoms with E-state index in [1.54, 1.807) is 0 Å². The van der Waals surface area contributed by atoms with Gasteiger partial charge >= 0.3 is 0 Å². The molecule has 4 rings (SSSR count). The molecule has 1 spiro atoms. The SMILES string of the molecule is CC.CCC1(CC)CC1.CCCC1(CCC)CCN(C)CC1.CN1CCC2(CCC2)CC1. The predicted molar refractivity (Wildman–Crippen MR) is 146 cm³/mol. The zero-order chi connectivity index (χ0) is 24.1. The molecule has 0 atom stereocenters. The van der Waals surface area contributed by atoms with Crippen molar-refractivity contribution < 1.29 is 0 Å². The third-order valence-electron chi connectivity index (χ3n) is 9.53. The van der Waals surface area contributed by atoms with Crippen LogP contribution >= 0.6 is 0 Å². The second-order valence-corrected chi connectivity index (χ2v) is 11.7. The minimum absolute atomic E-state index is 0.718. The first-order valence-corrected chi connectivity index (χ1v) is 14.7. The molecule has 192 valence electrons. The molecule has 2 nitrogen and oxygen atoms in total. The van der Waals surface area contributed by atoms with Gasteiger partial charge in [-0.3, -0.25) is 0 Å². The number of hydrogen-bond donors (Lipinski definition) is 0. The van der Waals surface area contributed by atoms with Crippen LogP contribution in [0.15, 0.2) is 0 Å². The van der Waals surface area contributed by atoms with Crippen LogP contribution in [0, 0.1) is 16.2 Å². The van der Waals surface area contributed by atoms with Crippen molar-refractivity contribution in [3.05, 3.63) is 0 Å². The molecule has 2 heterocycles. The quantitative estimate of drug-likeness (QED) is 0.399. The molecule has 0 unspecified atom stereocenters. The first kappa shape index (κ1) is 30.0. The summed E-state index contributed by atoms with van der Waals surface area (Å²) in [5.74, 6) is 0. The molecule has 2 aliphatic heterocycles. The van der Waals surface area contributed by atoms with Crippen molar-refractivity contribution in [3.63, 3.8) is 0 Å². The molecule has 0 aromatic rings. The van der Waals surface area contributed by atoms with E-state index in [4.69, 9.17) is 0 Å². The molecule has 0 aromatic heterocycles. The lowest BCUT2D eigenvalue weighted by Gasteiger charge is -2.47. The summed E-state index contributed by atoms with van der Waals surface area (Å²) in [5, 5.41) is 0. The van der Waals surface area contributed by atoms with E-state index in [9.17, 15) is 0 Å². The van der Waals surface area contributed by atoms with Crippen LogP contribution in [0.2, 0.25) is 0 Å². The Labute approximate surface area is 204 Å². The van der Waals surface area contributed by atoms with Crippen LogP contribution in [0.3, 0.4) is 0 Å². The second-order valence-electron chi connectivity index (χ2n) is 11.7. The first-order chi connectivity index (χ1) is 15.4. The Kier molecular flexibility index (Phi) is 14.1. The van der Waals surface area contributed by atoms with Gasteiger partial charge in [-0.25, -0.2) is 0 Å². The van der Waals surface area contributed by atoms with Gasteiger partial charge in [-0.1, -0.05) is 73.6 Å². The molecule has 4 fully saturated rings. The van der Waals surface area contributed by atoms with Gasteiger partial charge in [0, 0.05) is 0 Å². The normalized spacial score (nSPS) is 25.1. The standard InChI is InChI=1S/C12H25N.C9H17N.C7H14.C2H6/c1-4-6-12(7-5-2)8-10-13(3)11-9-12;1-10-7-5-9(6-8-10)3-2-4-9;1-3-7(4-2)5-6-7;1-2/h4-11H2,1-3H3;2-8H2,1H3;3-6H2,1-2H3;1-2H3. The maximum absolute atomic E-state index is 2.48. The topological polar surface area (TPSA) is 6.48 Å². The Morgan fingerprint density at radius 2 is 0.938 bits per heavy atom. The molecule has 0 bridgehead atoms. The minimum atomic E-state index is 0.718. The Hall–Kier alpha value is -0.0800. The fraction of sp³-hybridized carbons (Fsp3) is 1.00. The van der Waals surface area contributed by atoms with E-state index in [2.05, 4.69) is 51.6 Å². The highest BCUT2D eigenvalue weighted by Crippen LogP contribution is 2.51. The molecule has 32 heavy (non-hydrogen) atoms. The van der Waals surface area contributed by atoms with Crippen molar-refractivity contribution in [2.45, 2.75) is 138 Å². The number of piperidine rings is 2. The highest BCUT2D eigenvalue weighted by molar-refractivity contribution is 4.91. The Morgan fingerprint density at radius 1 is 0.531 bits per heavy atom. The molecule has 0 aromatic carbocycles. The van der Waals surface area contributed by atoms with Gasteiger partial charge in [-0.2, -0.15) is 0 Å². The van der Waals surface area contributed by atoms with Gasteiger partial charge in [-0.15, -0.1) is 0 Å². The molecule has 0 N–H and O–H groups in total. The fourth-order valence-electron chi connectivity index (χ4n) is 6.18. The molecular formula is C30H62N2. The lowest BCUT2D eigenvalue weighted by molar-refractivity contribution is 0.0434. The van der Waals surface area contributed by atoms with Crippen molar-refractivity contribution in [2.75, 3.05) is 40.3 Å². The number of nitrogens with zero attached hydrogens (tertiary/aromatic N) is 2. The Bertz CT molecular complexity index is 431. The van der Waals surface area contributed by atoms with E-state index < -0.39 is 0 Å². The van der Waals surface area contributed by atoms with Crippen LogP contribution in [0.4, 0.5) is 0 Å². The summed E-state index contributed by atoms with van der Waals surface area (Å²) in [7, 11) is 4.49. The van der Waals surface area contributed by atoms with Crippen LogP contribution in [0.1, 0.15) is 138 Å². The van der Waals surface area contributed by atoms with Gasteiger partial charge in [0.1, 0.15) is 0 Å². The number of rotatable bonds is 6. The van der Waals surface area contributed by atoms with Gasteiger partial charge in [-0.05, 0) is 121 Å². The number of likely N-dealkylation sites (tertiary alicyclic amines) is 2. The van der Waals surface area contributed by atoms with E-state index in [1.165, 1.54) is 122 Å². The predicted octanol–water partition coefficient (Wildman–Crippen LogP) is 8.79. The molecular weight excluding hydrogens is 388 g/mol. The Morgan fingerprint density at radius 3 is 1.19 bits per heavy atom. The average Bonchev–Trinajstić information content (AvgIpc) is 3.59. The molecule has 2 aliphatic carbocycles. The Balaban J connectivity index is 0.000000240. The van der Waals surface area contributed by atoms with Gasteiger partial charge in [0.2, 0.25) is 0 Å². The molecule has 0 amide bonds. The third-order valence-corrected chi connectivity index (χ3v) is 9.53. The highest BCUT2D eigenvalue weighted by atomic mass is 15.1. The van der Waals surface area contributed by atoms with Crippen molar-refractivity contribution in [2.24, 2.45) is 16.2 Å². The van der Waals surface area contributed by atoms with Gasteiger partial charge in [0.25, 0.3) is 0 Å². The monoisotopic (exact) mass is 450 g/mol. The van der Waals surface area contributed by atoms with Gasteiger partial charge in [0.05, 0.1) is 0 Å². The largest absolute Gasteiger partial charge is 0.306 e. The summed E-state index contributed by atoms with van der Waals surface area (Å²) < 4.78 is 0. The van der Waals surface area contributed by atoms with Crippen molar-refractivity contribution >= 4 is 0 Å². The van der Waals surface area contributed by atoms with E-state index in [0.29, 0.717) is 0 Å². The first-order valence-electron chi connectivity index (χ1n) is 14.7. The maximum Gasteiger partial charge on any atom is -0.00165 e. The zero-order valence-corrected chi connectivity index (χ0v) is 23.8. The second kappa shape index (κ2) is 15.0. The van der Waals surface area contributed by atoms with Crippen molar-refractivity contribution in [1.82, 2.24) is 9.80 Å². The molecule has 2 heteroatoms. The van der Waals surface area contributed by atoms with E-state index in [-0.39, 0.29) is 0 Å². The van der Waals surface area contributed by atoms with Crippen LogP contribution in [0.25, 0.3) is 0 Å². The fourth-order valence-corrected chi connectivity index (χ4v) is 6.18. The average molecular weight is 451 g/mol. The highest BCUT2D eigenvalue weighted by Gasteiger charge is 2.39. The minimum Gasteiger partial charge on any atom is -0.306 e.